The van der Waals surface area contributed by atoms with Crippen molar-refractivity contribution in [3.05, 3.63) is 20.8 Å². The van der Waals surface area contributed by atoms with E-state index in [1.54, 1.807) is 11.3 Å². The third-order valence-electron chi connectivity index (χ3n) is 3.61. The Bertz CT molecular complexity index is 390. The minimum absolute atomic E-state index is 0.0759. The van der Waals surface area contributed by atoms with E-state index in [-0.39, 0.29) is 18.2 Å². The Hall–Kier alpha value is 0.0600. The Morgan fingerprint density at radius 3 is 2.72 bits per heavy atom. The van der Waals surface area contributed by atoms with Crippen LogP contribution < -0.4 is 5.73 Å². The highest BCUT2D eigenvalue weighted by Crippen LogP contribution is 2.34. The van der Waals surface area contributed by atoms with Crippen LogP contribution in [0.3, 0.4) is 0 Å². The molecule has 1 aromatic rings. The van der Waals surface area contributed by atoms with E-state index in [0.29, 0.717) is 5.92 Å². The lowest BCUT2D eigenvalue weighted by molar-refractivity contribution is 0.0206. The highest BCUT2D eigenvalue weighted by atomic mass is 79.9. The third-order valence-corrected chi connectivity index (χ3v) is 5.37. The van der Waals surface area contributed by atoms with Crippen molar-refractivity contribution >= 4 is 27.3 Å². The van der Waals surface area contributed by atoms with Crippen LogP contribution in [0.1, 0.15) is 30.7 Å². The summed E-state index contributed by atoms with van der Waals surface area (Å²) in [4.78, 5) is 3.64. The van der Waals surface area contributed by atoms with Crippen LogP contribution in [0, 0.1) is 5.92 Å². The Morgan fingerprint density at radius 2 is 2.28 bits per heavy atom. The van der Waals surface area contributed by atoms with Gasteiger partial charge < -0.3 is 10.8 Å². The number of rotatable bonds is 5. The average Bonchev–Trinajstić information content (AvgIpc) is 2.62. The molecular formula is C13H21BrN2OS. The first-order chi connectivity index (χ1) is 8.47. The number of hydrogen-bond donors (Lipinski definition) is 2. The van der Waals surface area contributed by atoms with E-state index in [9.17, 15) is 5.11 Å². The van der Waals surface area contributed by atoms with Gasteiger partial charge in [0.2, 0.25) is 0 Å². The Labute approximate surface area is 121 Å². The van der Waals surface area contributed by atoms with Crippen LogP contribution in [-0.2, 0) is 0 Å². The molecule has 2 atom stereocenters. The highest BCUT2D eigenvalue weighted by Gasteiger charge is 2.31. The molecule has 1 aliphatic carbocycles. The number of thiophene rings is 1. The predicted molar refractivity (Wildman–Crippen MR) is 79.8 cm³/mol. The van der Waals surface area contributed by atoms with Gasteiger partial charge in [-0.25, -0.2) is 0 Å². The van der Waals surface area contributed by atoms with E-state index < -0.39 is 0 Å². The normalized spacial score (nSPS) is 27.0. The zero-order chi connectivity index (χ0) is 13.3. The molecule has 3 N–H and O–H groups in total. The van der Waals surface area contributed by atoms with Gasteiger partial charge in [-0.3, -0.25) is 4.90 Å². The summed E-state index contributed by atoms with van der Waals surface area (Å²) in [6.07, 6.45) is 1.79. The van der Waals surface area contributed by atoms with Crippen LogP contribution in [0.4, 0.5) is 0 Å². The molecule has 1 aromatic heterocycles. The van der Waals surface area contributed by atoms with E-state index in [1.807, 2.05) is 0 Å². The Balaban J connectivity index is 2.01. The quantitative estimate of drug-likeness (QED) is 0.871. The smallest absolute Gasteiger partial charge is 0.0588 e. The van der Waals surface area contributed by atoms with Gasteiger partial charge in [0.1, 0.15) is 0 Å². The molecule has 102 valence electrons. The number of halogens is 1. The lowest BCUT2D eigenvalue weighted by Gasteiger charge is -2.38. The molecule has 18 heavy (non-hydrogen) atoms. The first kappa shape index (κ1) is 14.5. The first-order valence-corrected chi connectivity index (χ1v) is 8.02. The number of aliphatic hydroxyl groups is 1. The molecule has 0 bridgehead atoms. The maximum atomic E-state index is 9.35. The topological polar surface area (TPSA) is 49.5 Å². The predicted octanol–water partition coefficient (Wildman–Crippen LogP) is 2.60. The van der Waals surface area contributed by atoms with Crippen LogP contribution in [0.25, 0.3) is 0 Å². The maximum Gasteiger partial charge on any atom is 0.0588 e. The molecule has 2 unspecified atom stereocenters. The summed E-state index contributed by atoms with van der Waals surface area (Å²) in [6.45, 7) is 3.07. The summed E-state index contributed by atoms with van der Waals surface area (Å²) < 4.78 is 1.13. The molecule has 5 heteroatoms. The van der Waals surface area contributed by atoms with Gasteiger partial charge in [0, 0.05) is 27.3 Å². The van der Waals surface area contributed by atoms with E-state index in [2.05, 4.69) is 46.2 Å². The summed E-state index contributed by atoms with van der Waals surface area (Å²) in [5.41, 5.74) is 6.14. The van der Waals surface area contributed by atoms with Crippen LogP contribution >= 0.6 is 27.3 Å². The van der Waals surface area contributed by atoms with Gasteiger partial charge in [-0.1, -0.05) is 0 Å². The second-order valence-electron chi connectivity index (χ2n) is 5.40. The minimum atomic E-state index is -0.0759. The van der Waals surface area contributed by atoms with E-state index in [1.165, 1.54) is 4.88 Å². The van der Waals surface area contributed by atoms with Gasteiger partial charge in [0.15, 0.2) is 0 Å². The van der Waals surface area contributed by atoms with E-state index in [4.69, 9.17) is 5.73 Å². The molecule has 1 saturated carbocycles. The van der Waals surface area contributed by atoms with Crippen LogP contribution in [0.2, 0.25) is 0 Å². The zero-order valence-corrected chi connectivity index (χ0v) is 13.2. The van der Waals surface area contributed by atoms with Crippen molar-refractivity contribution in [3.63, 3.8) is 0 Å². The van der Waals surface area contributed by atoms with Crippen LogP contribution in [0.15, 0.2) is 15.9 Å². The number of aliphatic hydroxyl groups excluding tert-OH is 1. The van der Waals surface area contributed by atoms with E-state index in [0.717, 1.165) is 23.9 Å². The Kier molecular flexibility index (Phi) is 4.83. The molecule has 1 aliphatic rings. The molecule has 0 amide bonds. The SMILES string of the molecule is CC(N)C(c1cc(Br)cs1)N(C)CC1CC(O)C1. The minimum Gasteiger partial charge on any atom is -0.393 e. The van der Waals surface area contributed by atoms with Gasteiger partial charge in [0.25, 0.3) is 0 Å². The van der Waals surface area contributed by atoms with Crippen molar-refractivity contribution in [2.75, 3.05) is 13.6 Å². The van der Waals surface area contributed by atoms with E-state index >= 15 is 0 Å². The standard InChI is InChI=1S/C13H21BrN2OS/c1-8(15)13(12-5-10(14)7-18-12)16(2)6-9-3-11(17)4-9/h5,7-9,11,13,17H,3-4,6,15H2,1-2H3. The number of hydrogen-bond acceptors (Lipinski definition) is 4. The number of nitrogens with zero attached hydrogens (tertiary/aromatic N) is 1. The molecule has 1 fully saturated rings. The fourth-order valence-electron chi connectivity index (χ4n) is 2.73. The molecule has 0 radical (unpaired) electrons. The van der Waals surface area contributed by atoms with Gasteiger partial charge in [-0.05, 0) is 54.7 Å². The molecule has 1 heterocycles. The summed E-state index contributed by atoms with van der Waals surface area (Å²) >= 11 is 5.25. The monoisotopic (exact) mass is 332 g/mol. The molecule has 0 aromatic carbocycles. The molecule has 0 spiro atoms. The molecule has 3 nitrogen and oxygen atoms in total. The van der Waals surface area contributed by atoms with Crippen molar-refractivity contribution in [1.29, 1.82) is 0 Å². The van der Waals surface area contributed by atoms with Gasteiger partial charge in [-0.15, -0.1) is 11.3 Å². The van der Waals surface area contributed by atoms with Crippen molar-refractivity contribution in [3.8, 4) is 0 Å². The average molecular weight is 333 g/mol. The lowest BCUT2D eigenvalue weighted by atomic mass is 9.82. The first-order valence-electron chi connectivity index (χ1n) is 6.35. The molecule has 0 aliphatic heterocycles. The Morgan fingerprint density at radius 1 is 1.61 bits per heavy atom. The van der Waals surface area contributed by atoms with Gasteiger partial charge in [-0.2, -0.15) is 0 Å². The van der Waals surface area contributed by atoms with Crippen molar-refractivity contribution < 1.29 is 5.11 Å². The maximum absolute atomic E-state index is 9.35. The zero-order valence-electron chi connectivity index (χ0n) is 10.8. The summed E-state index contributed by atoms with van der Waals surface area (Å²) in [7, 11) is 2.13. The molecular weight excluding hydrogens is 312 g/mol. The molecule has 0 saturated heterocycles. The van der Waals surface area contributed by atoms with Crippen molar-refractivity contribution in [2.45, 2.75) is 38.0 Å². The summed E-state index contributed by atoms with van der Waals surface area (Å²) in [5, 5.41) is 11.5. The second kappa shape index (κ2) is 6.01. The van der Waals surface area contributed by atoms with Gasteiger partial charge in [0.05, 0.1) is 12.1 Å². The molecule has 2 rings (SSSR count). The van der Waals surface area contributed by atoms with Crippen molar-refractivity contribution in [2.24, 2.45) is 11.7 Å². The van der Waals surface area contributed by atoms with Crippen LogP contribution in [0.5, 0.6) is 0 Å². The second-order valence-corrected chi connectivity index (χ2v) is 7.26. The fourth-order valence-corrected chi connectivity index (χ4v) is 4.46. The number of nitrogens with two attached hydrogens (primary N) is 1. The van der Waals surface area contributed by atoms with Crippen LogP contribution in [-0.4, -0.2) is 35.7 Å². The summed E-state index contributed by atoms with van der Waals surface area (Å²) in [5.74, 6) is 0.620. The third kappa shape index (κ3) is 3.33. The highest BCUT2D eigenvalue weighted by molar-refractivity contribution is 9.10. The fraction of sp³-hybridized carbons (Fsp3) is 0.692. The largest absolute Gasteiger partial charge is 0.393 e. The van der Waals surface area contributed by atoms with Gasteiger partial charge >= 0.3 is 0 Å². The van der Waals surface area contributed by atoms with Crippen molar-refractivity contribution in [1.82, 2.24) is 4.90 Å². The summed E-state index contributed by atoms with van der Waals surface area (Å²) in [6, 6.07) is 2.52. The number of likely N-dealkylation sites (N-methyl/N-ethyl adjacent to an activating group) is 1. The lowest BCUT2D eigenvalue weighted by Crippen LogP contribution is -2.42.